The number of aliphatic carboxylic acids is 1. The Kier molecular flexibility index (Phi) is 4.75. The number of nitro groups is 1. The first-order valence-electron chi connectivity index (χ1n) is 7.14. The highest BCUT2D eigenvalue weighted by molar-refractivity contribution is 5.81. The minimum atomic E-state index is -0.907. The first kappa shape index (κ1) is 15.9. The van der Waals surface area contributed by atoms with E-state index in [0.29, 0.717) is 18.4 Å². The van der Waals surface area contributed by atoms with Crippen molar-refractivity contribution in [1.29, 1.82) is 0 Å². The molecule has 0 spiro atoms. The van der Waals surface area contributed by atoms with Gasteiger partial charge in [0.2, 0.25) is 5.91 Å². The number of para-hydroxylation sites is 1. The van der Waals surface area contributed by atoms with Gasteiger partial charge >= 0.3 is 5.97 Å². The van der Waals surface area contributed by atoms with Crippen LogP contribution in [-0.2, 0) is 16.0 Å². The molecule has 22 heavy (non-hydrogen) atoms. The van der Waals surface area contributed by atoms with Gasteiger partial charge in [-0.05, 0) is 19.8 Å². The van der Waals surface area contributed by atoms with Crippen molar-refractivity contribution in [3.63, 3.8) is 0 Å². The summed E-state index contributed by atoms with van der Waals surface area (Å²) in [4.78, 5) is 35.5. The van der Waals surface area contributed by atoms with Crippen LogP contribution in [0.5, 0.6) is 0 Å². The van der Waals surface area contributed by atoms with Gasteiger partial charge in [0, 0.05) is 24.2 Å². The lowest BCUT2D eigenvalue weighted by Crippen LogP contribution is -2.47. The number of carboxylic acids is 1. The zero-order valence-electron chi connectivity index (χ0n) is 12.3. The number of carboxylic acid groups (broad SMARTS) is 1. The van der Waals surface area contributed by atoms with Gasteiger partial charge in [0.1, 0.15) is 0 Å². The van der Waals surface area contributed by atoms with Crippen molar-refractivity contribution in [1.82, 2.24) is 4.90 Å². The van der Waals surface area contributed by atoms with Crippen LogP contribution in [0.2, 0.25) is 0 Å². The molecule has 1 aliphatic rings. The van der Waals surface area contributed by atoms with Gasteiger partial charge in [-0.15, -0.1) is 0 Å². The fourth-order valence-electron chi connectivity index (χ4n) is 2.76. The van der Waals surface area contributed by atoms with E-state index < -0.39 is 16.8 Å². The monoisotopic (exact) mass is 306 g/mol. The van der Waals surface area contributed by atoms with Gasteiger partial charge in [-0.25, -0.2) is 0 Å². The Morgan fingerprint density at radius 3 is 2.68 bits per heavy atom. The van der Waals surface area contributed by atoms with Crippen molar-refractivity contribution in [2.24, 2.45) is 5.92 Å². The highest BCUT2D eigenvalue weighted by Gasteiger charge is 2.33. The van der Waals surface area contributed by atoms with Crippen LogP contribution in [0.1, 0.15) is 25.3 Å². The molecule has 0 radical (unpaired) electrons. The molecular formula is C15H18N2O5. The maximum atomic E-state index is 12.4. The molecule has 7 heteroatoms. The molecule has 0 saturated carbocycles. The molecule has 1 N–H and O–H groups in total. The average molecular weight is 306 g/mol. The van der Waals surface area contributed by atoms with Crippen molar-refractivity contribution in [3.8, 4) is 0 Å². The highest BCUT2D eigenvalue weighted by Crippen LogP contribution is 2.24. The molecule has 1 aromatic carbocycles. The van der Waals surface area contributed by atoms with Crippen LogP contribution in [-0.4, -0.2) is 39.4 Å². The summed E-state index contributed by atoms with van der Waals surface area (Å²) in [6.07, 6.45) is 1.08. The lowest BCUT2D eigenvalue weighted by molar-refractivity contribution is -0.385. The zero-order chi connectivity index (χ0) is 16.3. The maximum absolute atomic E-state index is 12.4. The molecule has 1 heterocycles. The smallest absolute Gasteiger partial charge is 0.308 e. The number of piperidine rings is 1. The summed E-state index contributed by atoms with van der Waals surface area (Å²) < 4.78 is 0. The Balaban J connectivity index is 2.14. The summed E-state index contributed by atoms with van der Waals surface area (Å²) in [5.74, 6) is -1.74. The third kappa shape index (κ3) is 3.41. The summed E-state index contributed by atoms with van der Waals surface area (Å²) in [6, 6.07) is 6.07. The van der Waals surface area contributed by atoms with Crippen molar-refractivity contribution in [2.75, 3.05) is 6.54 Å². The second-order valence-electron chi connectivity index (χ2n) is 5.57. The Morgan fingerprint density at radius 1 is 1.36 bits per heavy atom. The van der Waals surface area contributed by atoms with E-state index in [-0.39, 0.29) is 30.6 Å². The molecule has 1 aromatic rings. The number of carbonyl (C=O) groups excluding carboxylic acids is 1. The van der Waals surface area contributed by atoms with Crippen molar-refractivity contribution >= 4 is 17.6 Å². The Morgan fingerprint density at radius 2 is 2.05 bits per heavy atom. The molecule has 118 valence electrons. The second kappa shape index (κ2) is 6.55. The third-order valence-electron chi connectivity index (χ3n) is 4.08. The van der Waals surface area contributed by atoms with Gasteiger partial charge < -0.3 is 10.0 Å². The second-order valence-corrected chi connectivity index (χ2v) is 5.57. The number of hydrogen-bond donors (Lipinski definition) is 1. The molecule has 2 unspecified atom stereocenters. The topological polar surface area (TPSA) is 101 Å². The van der Waals surface area contributed by atoms with Gasteiger partial charge in [-0.1, -0.05) is 18.2 Å². The van der Waals surface area contributed by atoms with Crippen LogP contribution in [0.4, 0.5) is 5.69 Å². The van der Waals surface area contributed by atoms with E-state index >= 15 is 0 Å². The number of nitro benzene ring substituents is 1. The van der Waals surface area contributed by atoms with Crippen molar-refractivity contribution in [2.45, 2.75) is 32.2 Å². The quantitative estimate of drug-likeness (QED) is 0.675. The summed E-state index contributed by atoms with van der Waals surface area (Å²) in [6.45, 7) is 2.03. The summed E-state index contributed by atoms with van der Waals surface area (Å²) in [5, 5.41) is 20.1. The van der Waals surface area contributed by atoms with Gasteiger partial charge in [-0.2, -0.15) is 0 Å². The Hall–Kier alpha value is -2.44. The van der Waals surface area contributed by atoms with E-state index in [9.17, 15) is 19.7 Å². The standard InChI is InChI=1S/C15H18N2O5/c1-10-6-7-12(15(19)20)9-16(10)14(18)8-11-4-2-3-5-13(11)17(21)22/h2-5,10,12H,6-9H2,1H3,(H,19,20). The molecule has 1 amide bonds. The summed E-state index contributed by atoms with van der Waals surface area (Å²) in [7, 11) is 0. The molecule has 2 atom stereocenters. The number of carbonyl (C=O) groups is 2. The van der Waals surface area contributed by atoms with Crippen molar-refractivity contribution in [3.05, 3.63) is 39.9 Å². The first-order chi connectivity index (χ1) is 10.4. The molecule has 0 bridgehead atoms. The molecule has 2 rings (SSSR count). The summed E-state index contributed by atoms with van der Waals surface area (Å²) in [5.41, 5.74) is 0.262. The lowest BCUT2D eigenvalue weighted by atomic mass is 9.93. The fourth-order valence-corrected chi connectivity index (χ4v) is 2.76. The minimum absolute atomic E-state index is 0.0501. The van der Waals surface area contributed by atoms with Gasteiger partial charge in [0.05, 0.1) is 17.3 Å². The highest BCUT2D eigenvalue weighted by atomic mass is 16.6. The van der Waals surface area contributed by atoms with Crippen molar-refractivity contribution < 1.29 is 19.6 Å². The van der Waals surface area contributed by atoms with E-state index in [1.165, 1.54) is 11.0 Å². The average Bonchev–Trinajstić information content (AvgIpc) is 2.47. The predicted octanol–water partition coefficient (Wildman–Crippen LogP) is 1.85. The normalized spacial score (nSPS) is 21.4. The number of rotatable bonds is 4. The van der Waals surface area contributed by atoms with E-state index in [1.807, 2.05) is 6.92 Å². The van der Waals surface area contributed by atoms with Crippen LogP contribution < -0.4 is 0 Å². The minimum Gasteiger partial charge on any atom is -0.481 e. The number of nitrogens with zero attached hydrogens (tertiary/aromatic N) is 2. The third-order valence-corrected chi connectivity index (χ3v) is 4.08. The Labute approximate surface area is 127 Å². The molecular weight excluding hydrogens is 288 g/mol. The largest absolute Gasteiger partial charge is 0.481 e. The summed E-state index contributed by atoms with van der Waals surface area (Å²) >= 11 is 0. The lowest BCUT2D eigenvalue weighted by Gasteiger charge is -2.36. The maximum Gasteiger partial charge on any atom is 0.308 e. The van der Waals surface area contributed by atoms with Crippen LogP contribution in [0.25, 0.3) is 0 Å². The number of likely N-dealkylation sites (tertiary alicyclic amines) is 1. The van der Waals surface area contributed by atoms with Crippen LogP contribution in [0.3, 0.4) is 0 Å². The van der Waals surface area contributed by atoms with E-state index in [0.717, 1.165) is 0 Å². The number of hydrogen-bond acceptors (Lipinski definition) is 4. The predicted molar refractivity (Wildman–Crippen MR) is 78.3 cm³/mol. The SMILES string of the molecule is CC1CCC(C(=O)O)CN1C(=O)Cc1ccccc1[N+](=O)[O-]. The van der Waals surface area contributed by atoms with Crippen LogP contribution in [0.15, 0.2) is 24.3 Å². The molecule has 0 aliphatic carbocycles. The van der Waals surface area contributed by atoms with Crippen LogP contribution >= 0.6 is 0 Å². The van der Waals surface area contributed by atoms with Gasteiger partial charge in [0.25, 0.3) is 5.69 Å². The van der Waals surface area contributed by atoms with Crippen LogP contribution in [0, 0.1) is 16.0 Å². The zero-order valence-corrected chi connectivity index (χ0v) is 12.3. The number of amides is 1. The molecule has 1 fully saturated rings. The first-order valence-corrected chi connectivity index (χ1v) is 7.14. The molecule has 1 aliphatic heterocycles. The van der Waals surface area contributed by atoms with E-state index in [1.54, 1.807) is 18.2 Å². The Bertz CT molecular complexity index is 601. The van der Waals surface area contributed by atoms with E-state index in [2.05, 4.69) is 0 Å². The molecule has 1 saturated heterocycles. The molecule has 7 nitrogen and oxygen atoms in total. The molecule has 0 aromatic heterocycles. The number of benzene rings is 1. The van der Waals surface area contributed by atoms with Gasteiger partial charge in [-0.3, -0.25) is 19.7 Å². The van der Waals surface area contributed by atoms with Gasteiger partial charge in [0.15, 0.2) is 0 Å². The van der Waals surface area contributed by atoms with E-state index in [4.69, 9.17) is 5.11 Å². The fraction of sp³-hybridized carbons (Fsp3) is 0.467.